The highest BCUT2D eigenvalue weighted by atomic mass is 32.1. The minimum absolute atomic E-state index is 0.0292. The number of aryl methyl sites for hydroxylation is 3. The second-order valence-corrected chi connectivity index (χ2v) is 9.99. The Hall–Kier alpha value is -1.88. The summed E-state index contributed by atoms with van der Waals surface area (Å²) in [6, 6.07) is 4.01. The standard InChI is InChI=1S/C23H28FNO2S/c1-12-8-15(9-13(2)20(12)27-7-6-24)11-25-22(26)21-16-10-17-19(23(17,4)5)18(16)14(3)28-21/h8-9,17,19H,6-7,10-11H2,1-5H3,(H,25,26)/t17-,19-/m1/s1. The summed E-state index contributed by atoms with van der Waals surface area (Å²) in [5.74, 6) is 2.11. The summed E-state index contributed by atoms with van der Waals surface area (Å²) in [5.41, 5.74) is 6.10. The summed E-state index contributed by atoms with van der Waals surface area (Å²) < 4.78 is 17.9. The highest BCUT2D eigenvalue weighted by molar-refractivity contribution is 7.14. The third kappa shape index (κ3) is 3.04. The molecule has 1 aromatic carbocycles. The molecule has 2 aliphatic rings. The third-order valence-corrected chi connectivity index (χ3v) is 7.68. The summed E-state index contributed by atoms with van der Waals surface area (Å²) in [4.78, 5) is 15.1. The van der Waals surface area contributed by atoms with E-state index in [9.17, 15) is 9.18 Å². The number of amides is 1. The number of halogens is 1. The molecule has 1 aromatic heterocycles. The molecule has 150 valence electrons. The van der Waals surface area contributed by atoms with E-state index in [4.69, 9.17) is 4.74 Å². The van der Waals surface area contributed by atoms with Crippen molar-refractivity contribution in [1.29, 1.82) is 0 Å². The van der Waals surface area contributed by atoms with Crippen LogP contribution in [0, 0.1) is 32.1 Å². The molecule has 1 amide bonds. The second kappa shape index (κ2) is 6.87. The smallest absolute Gasteiger partial charge is 0.261 e. The molecule has 0 saturated heterocycles. The van der Waals surface area contributed by atoms with Crippen LogP contribution in [0.2, 0.25) is 0 Å². The maximum atomic E-state index is 12.9. The zero-order valence-electron chi connectivity index (χ0n) is 17.2. The Kier molecular flexibility index (Phi) is 4.77. The normalized spacial score (nSPS) is 21.2. The van der Waals surface area contributed by atoms with Crippen molar-refractivity contribution < 1.29 is 13.9 Å². The van der Waals surface area contributed by atoms with E-state index in [-0.39, 0.29) is 12.5 Å². The zero-order valence-corrected chi connectivity index (χ0v) is 18.1. The number of carbonyl (C=O) groups excluding carboxylic acids is 1. The lowest BCUT2D eigenvalue weighted by atomic mass is 9.95. The summed E-state index contributed by atoms with van der Waals surface area (Å²) in [7, 11) is 0. The first-order valence-electron chi connectivity index (χ1n) is 9.95. The molecule has 2 aromatic rings. The molecular weight excluding hydrogens is 373 g/mol. The second-order valence-electron chi connectivity index (χ2n) is 8.77. The zero-order chi connectivity index (χ0) is 20.2. The van der Waals surface area contributed by atoms with Gasteiger partial charge in [0.25, 0.3) is 5.91 Å². The van der Waals surface area contributed by atoms with Crippen LogP contribution >= 0.6 is 11.3 Å². The number of carbonyl (C=O) groups is 1. The van der Waals surface area contributed by atoms with Crippen LogP contribution in [0.5, 0.6) is 5.75 Å². The van der Waals surface area contributed by atoms with Crippen LogP contribution in [-0.4, -0.2) is 19.2 Å². The molecule has 0 aliphatic heterocycles. The van der Waals surface area contributed by atoms with Gasteiger partial charge in [-0.15, -0.1) is 11.3 Å². The summed E-state index contributed by atoms with van der Waals surface area (Å²) >= 11 is 1.64. The lowest BCUT2D eigenvalue weighted by Crippen LogP contribution is -2.23. The van der Waals surface area contributed by atoms with Crippen molar-refractivity contribution in [3.63, 3.8) is 0 Å². The minimum Gasteiger partial charge on any atom is -0.490 e. The van der Waals surface area contributed by atoms with E-state index < -0.39 is 6.67 Å². The monoisotopic (exact) mass is 401 g/mol. The van der Waals surface area contributed by atoms with Crippen molar-refractivity contribution in [2.75, 3.05) is 13.3 Å². The van der Waals surface area contributed by atoms with E-state index in [1.54, 1.807) is 11.3 Å². The van der Waals surface area contributed by atoms with E-state index in [0.717, 1.165) is 33.7 Å². The van der Waals surface area contributed by atoms with Gasteiger partial charge in [-0.25, -0.2) is 4.39 Å². The largest absolute Gasteiger partial charge is 0.490 e. The Morgan fingerprint density at radius 1 is 1.29 bits per heavy atom. The molecule has 2 aliphatic carbocycles. The molecule has 0 radical (unpaired) electrons. The van der Waals surface area contributed by atoms with Gasteiger partial charge >= 0.3 is 0 Å². The van der Waals surface area contributed by atoms with Gasteiger partial charge in [0.2, 0.25) is 0 Å². The van der Waals surface area contributed by atoms with E-state index >= 15 is 0 Å². The van der Waals surface area contributed by atoms with Crippen molar-refractivity contribution in [2.24, 2.45) is 11.3 Å². The molecule has 1 heterocycles. The van der Waals surface area contributed by atoms with Crippen molar-refractivity contribution in [1.82, 2.24) is 5.32 Å². The Morgan fingerprint density at radius 2 is 1.96 bits per heavy atom. The third-order valence-electron chi connectivity index (χ3n) is 6.52. The van der Waals surface area contributed by atoms with Crippen molar-refractivity contribution in [2.45, 2.75) is 53.5 Å². The van der Waals surface area contributed by atoms with Gasteiger partial charge in [0, 0.05) is 11.4 Å². The number of alkyl halides is 1. The topological polar surface area (TPSA) is 38.3 Å². The average molecular weight is 402 g/mol. The van der Waals surface area contributed by atoms with Crippen molar-refractivity contribution >= 4 is 17.2 Å². The summed E-state index contributed by atoms with van der Waals surface area (Å²) in [6.07, 6.45) is 1.04. The molecule has 0 spiro atoms. The van der Waals surface area contributed by atoms with Crippen LogP contribution in [0.25, 0.3) is 0 Å². The first-order valence-corrected chi connectivity index (χ1v) is 10.8. The number of thiophene rings is 1. The predicted octanol–water partition coefficient (Wildman–Crippen LogP) is 5.25. The van der Waals surface area contributed by atoms with Crippen LogP contribution < -0.4 is 10.1 Å². The van der Waals surface area contributed by atoms with E-state index in [1.807, 2.05) is 26.0 Å². The molecule has 3 nitrogen and oxygen atoms in total. The molecular formula is C23H28FNO2S. The molecule has 1 N–H and O–H groups in total. The molecule has 1 saturated carbocycles. The first kappa shape index (κ1) is 19.4. The Balaban J connectivity index is 1.47. The molecule has 28 heavy (non-hydrogen) atoms. The van der Waals surface area contributed by atoms with Gasteiger partial charge in [-0.1, -0.05) is 26.0 Å². The van der Waals surface area contributed by atoms with Crippen molar-refractivity contribution in [3.05, 3.63) is 49.7 Å². The number of hydrogen-bond acceptors (Lipinski definition) is 3. The number of nitrogens with one attached hydrogen (secondary N) is 1. The van der Waals surface area contributed by atoms with Crippen LogP contribution in [0.1, 0.15) is 62.1 Å². The van der Waals surface area contributed by atoms with E-state index in [2.05, 4.69) is 26.1 Å². The average Bonchev–Trinajstić information content (AvgIpc) is 2.96. The highest BCUT2D eigenvalue weighted by Crippen LogP contribution is 2.71. The number of rotatable bonds is 6. The fourth-order valence-corrected chi connectivity index (χ4v) is 6.24. The Morgan fingerprint density at radius 3 is 2.61 bits per heavy atom. The maximum absolute atomic E-state index is 12.9. The maximum Gasteiger partial charge on any atom is 0.261 e. The lowest BCUT2D eigenvalue weighted by Gasteiger charge is -2.14. The molecule has 4 rings (SSSR count). The number of fused-ring (bicyclic) bond motifs is 3. The summed E-state index contributed by atoms with van der Waals surface area (Å²) in [5, 5.41) is 3.10. The number of benzene rings is 1. The van der Waals surface area contributed by atoms with Crippen LogP contribution in [0.4, 0.5) is 4.39 Å². The predicted molar refractivity (Wildman–Crippen MR) is 111 cm³/mol. The quantitative estimate of drug-likeness (QED) is 0.718. The van der Waals surface area contributed by atoms with Gasteiger partial charge in [-0.3, -0.25) is 4.79 Å². The van der Waals surface area contributed by atoms with Crippen molar-refractivity contribution in [3.8, 4) is 5.75 Å². The summed E-state index contributed by atoms with van der Waals surface area (Å²) in [6.45, 7) is 10.8. The lowest BCUT2D eigenvalue weighted by molar-refractivity contribution is 0.0954. The molecule has 5 heteroatoms. The molecule has 0 unspecified atom stereocenters. The molecule has 0 bridgehead atoms. The van der Waals surface area contributed by atoms with Gasteiger partial charge in [0.15, 0.2) is 0 Å². The Labute approximate surface area is 170 Å². The number of ether oxygens (including phenoxy) is 1. The minimum atomic E-state index is -0.500. The van der Waals surface area contributed by atoms with Gasteiger partial charge in [0.1, 0.15) is 19.0 Å². The highest BCUT2D eigenvalue weighted by Gasteiger charge is 2.63. The SMILES string of the molecule is Cc1cc(CNC(=O)c2sc(C)c3c2C[C@@H]2[C@H]3C2(C)C)cc(C)c1OCCF. The van der Waals surface area contributed by atoms with Gasteiger partial charge in [-0.05, 0) is 72.3 Å². The van der Waals surface area contributed by atoms with Gasteiger partial charge in [-0.2, -0.15) is 0 Å². The Bertz CT molecular complexity index is 923. The molecule has 2 atom stereocenters. The number of hydrogen-bond donors (Lipinski definition) is 1. The van der Waals surface area contributed by atoms with Crippen LogP contribution in [-0.2, 0) is 13.0 Å². The van der Waals surface area contributed by atoms with Gasteiger partial charge in [0.05, 0.1) is 4.88 Å². The fraction of sp³-hybridized carbons (Fsp3) is 0.522. The van der Waals surface area contributed by atoms with Crippen LogP contribution in [0.15, 0.2) is 12.1 Å². The molecule has 1 fully saturated rings. The van der Waals surface area contributed by atoms with Crippen LogP contribution in [0.3, 0.4) is 0 Å². The van der Waals surface area contributed by atoms with Gasteiger partial charge < -0.3 is 10.1 Å². The van der Waals surface area contributed by atoms with E-state index in [0.29, 0.717) is 23.8 Å². The fourth-order valence-electron chi connectivity index (χ4n) is 5.09. The van der Waals surface area contributed by atoms with E-state index in [1.165, 1.54) is 16.0 Å². The first-order chi connectivity index (χ1) is 13.3.